The van der Waals surface area contributed by atoms with Gasteiger partial charge in [-0.1, -0.05) is 43.4 Å². The molecule has 0 aromatic heterocycles. The fourth-order valence-electron chi connectivity index (χ4n) is 1.09. The third-order valence-corrected chi connectivity index (χ3v) is 2.82. The fraction of sp³-hybridized carbons (Fsp3) is 1.00. The molecule has 0 rings (SSSR count). The van der Waals surface area contributed by atoms with Gasteiger partial charge in [0.05, 0.1) is 5.75 Å². The second-order valence-electron chi connectivity index (χ2n) is 3.09. The largest absolute Gasteiger partial charge is 0.297 e. The molecule has 0 aliphatic carbocycles. The Kier molecular flexibility index (Phi) is 12.0. The van der Waals surface area contributed by atoms with Crippen molar-refractivity contribution < 1.29 is 17.3 Å². The first-order valence-electron chi connectivity index (χ1n) is 4.65. The van der Waals surface area contributed by atoms with E-state index in [1.807, 2.05) is 0 Å². The van der Waals surface area contributed by atoms with E-state index in [9.17, 15) is 12.9 Å². The molecule has 0 aromatic carbocycles. The molecule has 0 fully saturated rings. The Morgan fingerprint density at radius 1 is 1.07 bits per heavy atom. The number of rotatable bonds is 8. The van der Waals surface area contributed by atoms with E-state index >= 15 is 0 Å². The maximum atomic E-state index is 11.3. The Balaban J connectivity index is 0. The Morgan fingerprint density at radius 2 is 1.57 bits per heavy atom. The van der Waals surface area contributed by atoms with E-state index in [4.69, 9.17) is 0 Å². The summed E-state index contributed by atoms with van der Waals surface area (Å²) in [6.07, 6.45) is 5.76. The molecule has 0 atom stereocenters. The Labute approximate surface area is 97.6 Å². The van der Waals surface area contributed by atoms with Crippen LogP contribution in [0.25, 0.3) is 0 Å². The van der Waals surface area contributed by atoms with E-state index in [1.165, 1.54) is 6.42 Å². The van der Waals surface area contributed by atoms with Gasteiger partial charge in [-0.25, -0.2) is 0 Å². The normalized spacial score (nSPS) is 11.0. The zero-order valence-corrected chi connectivity index (χ0v) is 9.78. The van der Waals surface area contributed by atoms with Crippen molar-refractivity contribution in [3.05, 3.63) is 0 Å². The molecule has 0 aliphatic rings. The van der Waals surface area contributed by atoms with Crippen LogP contribution in [0.2, 0.25) is 0 Å². The molecular weight excluding hydrogens is 202 g/mol. The van der Waals surface area contributed by atoms with Gasteiger partial charge in [0.25, 0.3) is 10.1 Å². The van der Waals surface area contributed by atoms with Gasteiger partial charge in [0, 0.05) is 18.9 Å². The van der Waals surface area contributed by atoms with Gasteiger partial charge in [-0.05, 0) is 10.9 Å². The summed E-state index contributed by atoms with van der Waals surface area (Å²) in [5.74, 6) is -0.213. The van der Waals surface area contributed by atoms with Gasteiger partial charge in [-0.15, -0.1) is 0 Å². The SMILES string of the molecule is CCCCCCCCS(=O)(=O)OF.[Li]. The third kappa shape index (κ3) is 10.5. The van der Waals surface area contributed by atoms with Crippen molar-refractivity contribution >= 4 is 29.0 Å². The van der Waals surface area contributed by atoms with Crippen LogP contribution in [-0.2, 0) is 14.5 Å². The van der Waals surface area contributed by atoms with Gasteiger partial charge in [-0.2, -0.15) is 8.42 Å². The fourth-order valence-corrected chi connectivity index (χ4v) is 1.71. The van der Waals surface area contributed by atoms with Crippen molar-refractivity contribution in [3.63, 3.8) is 0 Å². The molecular formula is C8H17FLiO3S. The summed E-state index contributed by atoms with van der Waals surface area (Å²) in [4.78, 5) is 0. The van der Waals surface area contributed by atoms with E-state index in [0.29, 0.717) is 6.42 Å². The van der Waals surface area contributed by atoms with Gasteiger partial charge in [0.1, 0.15) is 0 Å². The molecule has 0 heterocycles. The van der Waals surface area contributed by atoms with Crippen LogP contribution in [0.4, 0.5) is 4.53 Å². The maximum Gasteiger partial charge on any atom is 0.297 e. The molecule has 1 radical (unpaired) electrons. The molecule has 0 spiro atoms. The van der Waals surface area contributed by atoms with E-state index in [1.54, 1.807) is 0 Å². The van der Waals surface area contributed by atoms with Gasteiger partial charge in [0.2, 0.25) is 0 Å². The first kappa shape index (κ1) is 16.9. The number of hydrogen-bond donors (Lipinski definition) is 0. The van der Waals surface area contributed by atoms with Gasteiger partial charge in [0.15, 0.2) is 0 Å². The van der Waals surface area contributed by atoms with E-state index in [-0.39, 0.29) is 24.6 Å². The first-order chi connectivity index (χ1) is 6.12. The molecule has 0 bridgehead atoms. The zero-order valence-electron chi connectivity index (χ0n) is 8.96. The summed E-state index contributed by atoms with van der Waals surface area (Å²) in [7, 11) is -3.88. The van der Waals surface area contributed by atoms with Crippen LogP contribution in [0, 0.1) is 0 Å². The van der Waals surface area contributed by atoms with E-state index < -0.39 is 10.1 Å². The van der Waals surface area contributed by atoms with Crippen LogP contribution >= 0.6 is 0 Å². The molecule has 14 heavy (non-hydrogen) atoms. The average Bonchev–Trinajstić information content (AvgIpc) is 2.11. The average molecular weight is 219 g/mol. The van der Waals surface area contributed by atoms with Gasteiger partial charge < -0.3 is 0 Å². The minimum atomic E-state index is -3.88. The molecule has 0 amide bonds. The summed E-state index contributed by atoms with van der Waals surface area (Å²) in [6, 6.07) is 0. The monoisotopic (exact) mass is 219 g/mol. The Hall–Kier alpha value is 0.437. The first-order valence-corrected chi connectivity index (χ1v) is 6.23. The van der Waals surface area contributed by atoms with Crippen molar-refractivity contribution in [1.82, 2.24) is 0 Å². The van der Waals surface area contributed by atoms with Crippen LogP contribution in [0.5, 0.6) is 0 Å². The molecule has 0 aromatic rings. The summed E-state index contributed by atoms with van der Waals surface area (Å²) in [6.45, 7) is 2.11. The van der Waals surface area contributed by atoms with E-state index in [0.717, 1.165) is 25.7 Å². The summed E-state index contributed by atoms with van der Waals surface area (Å²) >= 11 is 0. The molecule has 6 heteroatoms. The number of hydrogen-bond acceptors (Lipinski definition) is 3. The predicted octanol–water partition coefficient (Wildman–Crippen LogP) is 2.20. The molecule has 0 saturated carbocycles. The molecule has 81 valence electrons. The van der Waals surface area contributed by atoms with Crippen molar-refractivity contribution in [1.29, 1.82) is 0 Å². The molecule has 0 N–H and O–H groups in total. The standard InChI is InChI=1S/C8H17FO3S.Li/c1-2-3-4-5-6-7-8-13(10,11)12-9;/h2-8H2,1H3;. The van der Waals surface area contributed by atoms with Gasteiger partial charge >= 0.3 is 0 Å². The molecule has 3 nitrogen and oxygen atoms in total. The van der Waals surface area contributed by atoms with Crippen molar-refractivity contribution in [2.75, 3.05) is 5.75 Å². The zero-order chi connectivity index (χ0) is 10.2. The topological polar surface area (TPSA) is 43.4 Å². The smallest absolute Gasteiger partial charge is 0.197 e. The third-order valence-electron chi connectivity index (χ3n) is 1.84. The summed E-state index contributed by atoms with van der Waals surface area (Å²) < 4.78 is 35.1. The van der Waals surface area contributed by atoms with Crippen LogP contribution in [0.15, 0.2) is 0 Å². The second-order valence-corrected chi connectivity index (χ2v) is 4.74. The Morgan fingerprint density at radius 3 is 2.07 bits per heavy atom. The molecule has 0 saturated heterocycles. The van der Waals surface area contributed by atoms with Crippen LogP contribution < -0.4 is 0 Å². The Bertz CT molecular complexity index is 207. The van der Waals surface area contributed by atoms with Crippen LogP contribution in [0.3, 0.4) is 0 Å². The van der Waals surface area contributed by atoms with Gasteiger partial charge in [-0.3, -0.25) is 0 Å². The predicted molar refractivity (Wildman–Crippen MR) is 55.1 cm³/mol. The molecule has 0 aliphatic heterocycles. The number of unbranched alkanes of at least 4 members (excludes halogenated alkanes) is 5. The number of halogens is 1. The molecule has 0 unspecified atom stereocenters. The second kappa shape index (κ2) is 9.97. The quantitative estimate of drug-likeness (QED) is 0.464. The van der Waals surface area contributed by atoms with Crippen LogP contribution in [-0.4, -0.2) is 33.0 Å². The van der Waals surface area contributed by atoms with E-state index in [2.05, 4.69) is 11.3 Å². The van der Waals surface area contributed by atoms with Crippen molar-refractivity contribution in [3.8, 4) is 0 Å². The summed E-state index contributed by atoms with van der Waals surface area (Å²) in [5, 5.41) is 0. The van der Waals surface area contributed by atoms with Crippen LogP contribution in [0.1, 0.15) is 45.4 Å². The minimum Gasteiger partial charge on any atom is -0.197 e. The summed E-state index contributed by atoms with van der Waals surface area (Å²) in [5.41, 5.74) is 0. The minimum absolute atomic E-state index is 0. The van der Waals surface area contributed by atoms with Crippen molar-refractivity contribution in [2.24, 2.45) is 0 Å². The van der Waals surface area contributed by atoms with Crippen molar-refractivity contribution in [2.45, 2.75) is 45.4 Å². The maximum absolute atomic E-state index is 11.3.